The van der Waals surface area contributed by atoms with Gasteiger partial charge in [-0.15, -0.1) is 0 Å². The molecular weight excluding hydrogens is 312 g/mol. The molecule has 7 nitrogen and oxygen atoms in total. The number of nitrogens with zero attached hydrogens (tertiary/aromatic N) is 2. The monoisotopic (exact) mass is 332 g/mol. The molecule has 0 atom stereocenters. The van der Waals surface area contributed by atoms with E-state index < -0.39 is 4.92 Å². The summed E-state index contributed by atoms with van der Waals surface area (Å²) >= 11 is 0. The van der Waals surface area contributed by atoms with Crippen LogP contribution < -0.4 is 0 Å². The smallest absolute Gasteiger partial charge is 0.273 e. The molecule has 0 saturated heterocycles. The Labute approximate surface area is 140 Å². The molecule has 0 spiro atoms. The summed E-state index contributed by atoms with van der Waals surface area (Å²) in [6.45, 7) is 4.46. The third-order valence-electron chi connectivity index (χ3n) is 3.65. The molecule has 0 aliphatic heterocycles. The standard InChI is InChI=1S/C17H20N2O5/c1-12-4-6-14(10-16(12)19(21)22)17(20)18(8-9-23-3)11-15-7-5-13(2)24-15/h4-7,10H,8-9,11H2,1-3H3. The van der Waals surface area contributed by atoms with Gasteiger partial charge in [-0.2, -0.15) is 0 Å². The molecule has 24 heavy (non-hydrogen) atoms. The molecule has 1 aromatic heterocycles. The Morgan fingerprint density at radius 3 is 2.62 bits per heavy atom. The van der Waals surface area contributed by atoms with Crippen molar-refractivity contribution in [2.75, 3.05) is 20.3 Å². The number of furan rings is 1. The van der Waals surface area contributed by atoms with E-state index in [-0.39, 0.29) is 23.7 Å². The maximum absolute atomic E-state index is 12.8. The molecule has 1 heterocycles. The van der Waals surface area contributed by atoms with Crippen LogP contribution in [-0.4, -0.2) is 36.0 Å². The van der Waals surface area contributed by atoms with E-state index in [1.807, 2.05) is 13.0 Å². The molecule has 1 aromatic carbocycles. The van der Waals surface area contributed by atoms with Gasteiger partial charge in [0.25, 0.3) is 11.6 Å². The lowest BCUT2D eigenvalue weighted by molar-refractivity contribution is -0.385. The molecule has 2 aromatic rings. The molecule has 0 radical (unpaired) electrons. The number of methoxy groups -OCH3 is 1. The van der Waals surface area contributed by atoms with Crippen LogP contribution >= 0.6 is 0 Å². The van der Waals surface area contributed by atoms with Crippen LogP contribution in [0.15, 0.2) is 34.7 Å². The SMILES string of the molecule is COCCN(Cc1ccc(C)o1)C(=O)c1ccc(C)c([N+](=O)[O-])c1. The van der Waals surface area contributed by atoms with Gasteiger partial charge in [-0.05, 0) is 32.0 Å². The highest BCUT2D eigenvalue weighted by atomic mass is 16.6. The second kappa shape index (κ2) is 7.74. The van der Waals surface area contributed by atoms with Gasteiger partial charge in [0, 0.05) is 30.8 Å². The van der Waals surface area contributed by atoms with Crippen LogP contribution in [0.25, 0.3) is 0 Å². The Kier molecular flexibility index (Phi) is 5.70. The molecule has 1 amide bonds. The summed E-state index contributed by atoms with van der Waals surface area (Å²) < 4.78 is 10.6. The summed E-state index contributed by atoms with van der Waals surface area (Å²) in [7, 11) is 1.55. The maximum Gasteiger partial charge on any atom is 0.273 e. The first-order chi connectivity index (χ1) is 11.4. The molecule has 7 heteroatoms. The van der Waals surface area contributed by atoms with Crippen molar-refractivity contribution in [2.24, 2.45) is 0 Å². The number of ether oxygens (including phenoxy) is 1. The summed E-state index contributed by atoms with van der Waals surface area (Å²) in [4.78, 5) is 24.9. The predicted molar refractivity (Wildman–Crippen MR) is 87.9 cm³/mol. The summed E-state index contributed by atoms with van der Waals surface area (Å²) in [6.07, 6.45) is 0. The van der Waals surface area contributed by atoms with Crippen LogP contribution in [0.5, 0.6) is 0 Å². The third-order valence-corrected chi connectivity index (χ3v) is 3.65. The lowest BCUT2D eigenvalue weighted by Crippen LogP contribution is -2.33. The van der Waals surface area contributed by atoms with E-state index in [2.05, 4.69) is 0 Å². The first-order valence-electron chi connectivity index (χ1n) is 7.51. The number of rotatable bonds is 7. The molecular formula is C17H20N2O5. The van der Waals surface area contributed by atoms with E-state index in [0.29, 0.717) is 24.5 Å². The number of hydrogen-bond acceptors (Lipinski definition) is 5. The number of amides is 1. The van der Waals surface area contributed by atoms with Gasteiger partial charge in [0.15, 0.2) is 0 Å². The van der Waals surface area contributed by atoms with Crippen molar-refractivity contribution in [1.82, 2.24) is 4.90 Å². The number of nitro groups is 1. The van der Waals surface area contributed by atoms with Crippen molar-refractivity contribution < 1.29 is 18.9 Å². The quantitative estimate of drug-likeness (QED) is 0.574. The average Bonchev–Trinajstić information content (AvgIpc) is 2.96. The minimum absolute atomic E-state index is 0.0682. The van der Waals surface area contributed by atoms with E-state index in [1.165, 1.54) is 6.07 Å². The van der Waals surface area contributed by atoms with Gasteiger partial charge < -0.3 is 14.1 Å². The van der Waals surface area contributed by atoms with E-state index >= 15 is 0 Å². The van der Waals surface area contributed by atoms with Crippen LogP contribution in [0.2, 0.25) is 0 Å². The van der Waals surface area contributed by atoms with Gasteiger partial charge in [0.2, 0.25) is 0 Å². The largest absolute Gasteiger partial charge is 0.464 e. The average molecular weight is 332 g/mol. The van der Waals surface area contributed by atoms with Gasteiger partial charge in [0.1, 0.15) is 11.5 Å². The normalized spacial score (nSPS) is 10.6. The van der Waals surface area contributed by atoms with Crippen molar-refractivity contribution in [1.29, 1.82) is 0 Å². The molecule has 0 saturated carbocycles. The lowest BCUT2D eigenvalue weighted by atomic mass is 10.1. The molecule has 0 bridgehead atoms. The zero-order valence-electron chi connectivity index (χ0n) is 13.9. The van der Waals surface area contributed by atoms with Crippen LogP contribution in [-0.2, 0) is 11.3 Å². The molecule has 0 aliphatic rings. The Morgan fingerprint density at radius 1 is 1.29 bits per heavy atom. The Bertz CT molecular complexity index is 738. The zero-order chi connectivity index (χ0) is 17.7. The third kappa shape index (κ3) is 4.20. The first kappa shape index (κ1) is 17.7. The van der Waals surface area contributed by atoms with Gasteiger partial charge >= 0.3 is 0 Å². The molecule has 0 aliphatic carbocycles. The molecule has 0 fully saturated rings. The highest BCUT2D eigenvalue weighted by Crippen LogP contribution is 2.21. The Hall–Kier alpha value is -2.67. The molecule has 0 N–H and O–H groups in total. The summed E-state index contributed by atoms with van der Waals surface area (Å²) in [5.74, 6) is 1.11. The van der Waals surface area contributed by atoms with Crippen LogP contribution in [0.4, 0.5) is 5.69 Å². The molecule has 128 valence electrons. The van der Waals surface area contributed by atoms with Crippen LogP contribution in [0.1, 0.15) is 27.4 Å². The van der Waals surface area contributed by atoms with Crippen molar-refractivity contribution in [2.45, 2.75) is 20.4 Å². The summed E-state index contributed by atoms with van der Waals surface area (Å²) in [5.41, 5.74) is 0.717. The number of nitro benzene ring substituents is 1. The number of hydrogen-bond donors (Lipinski definition) is 0. The molecule has 2 rings (SSSR count). The first-order valence-corrected chi connectivity index (χ1v) is 7.51. The Morgan fingerprint density at radius 2 is 2.04 bits per heavy atom. The van der Waals surface area contributed by atoms with Crippen molar-refractivity contribution >= 4 is 11.6 Å². The number of carbonyl (C=O) groups excluding carboxylic acids is 1. The van der Waals surface area contributed by atoms with Gasteiger partial charge in [-0.3, -0.25) is 14.9 Å². The highest BCUT2D eigenvalue weighted by molar-refractivity contribution is 5.95. The van der Waals surface area contributed by atoms with E-state index in [0.717, 1.165) is 5.76 Å². The second-order valence-corrected chi connectivity index (χ2v) is 5.49. The van der Waals surface area contributed by atoms with E-state index in [4.69, 9.17) is 9.15 Å². The second-order valence-electron chi connectivity index (χ2n) is 5.49. The topological polar surface area (TPSA) is 85.8 Å². The maximum atomic E-state index is 12.8. The number of aryl methyl sites for hydroxylation is 2. The van der Waals surface area contributed by atoms with Crippen molar-refractivity contribution in [3.05, 3.63) is 63.1 Å². The van der Waals surface area contributed by atoms with E-state index in [1.54, 1.807) is 37.1 Å². The van der Waals surface area contributed by atoms with Crippen molar-refractivity contribution in [3.63, 3.8) is 0 Å². The van der Waals surface area contributed by atoms with E-state index in [9.17, 15) is 14.9 Å². The minimum atomic E-state index is -0.485. The summed E-state index contributed by atoms with van der Waals surface area (Å²) in [5, 5.41) is 11.1. The van der Waals surface area contributed by atoms with Gasteiger partial charge in [0.05, 0.1) is 18.1 Å². The fourth-order valence-corrected chi connectivity index (χ4v) is 2.33. The number of benzene rings is 1. The van der Waals surface area contributed by atoms with Crippen LogP contribution in [0, 0.1) is 24.0 Å². The minimum Gasteiger partial charge on any atom is -0.464 e. The Balaban J connectivity index is 2.26. The van der Waals surface area contributed by atoms with Crippen molar-refractivity contribution in [3.8, 4) is 0 Å². The van der Waals surface area contributed by atoms with Gasteiger partial charge in [-0.1, -0.05) is 6.07 Å². The predicted octanol–water partition coefficient (Wildman–Crippen LogP) is 3.09. The molecule has 0 unspecified atom stereocenters. The summed E-state index contributed by atoms with van der Waals surface area (Å²) in [6, 6.07) is 8.12. The van der Waals surface area contributed by atoms with Crippen LogP contribution in [0.3, 0.4) is 0 Å². The zero-order valence-corrected chi connectivity index (χ0v) is 13.9. The van der Waals surface area contributed by atoms with Gasteiger partial charge in [-0.25, -0.2) is 0 Å². The fraction of sp³-hybridized carbons (Fsp3) is 0.353. The fourth-order valence-electron chi connectivity index (χ4n) is 2.33. The highest BCUT2D eigenvalue weighted by Gasteiger charge is 2.21. The lowest BCUT2D eigenvalue weighted by Gasteiger charge is -2.21. The number of carbonyl (C=O) groups is 1.